The molecule has 2 heterocycles. The van der Waals surface area contributed by atoms with Gasteiger partial charge in [0.25, 0.3) is 0 Å². The molecule has 0 spiro atoms. The predicted octanol–water partition coefficient (Wildman–Crippen LogP) is 2.63. The Morgan fingerprint density at radius 3 is 2.50 bits per heavy atom. The highest BCUT2D eigenvalue weighted by Crippen LogP contribution is 2.28. The van der Waals surface area contributed by atoms with Crippen molar-refractivity contribution in [1.29, 1.82) is 0 Å². The van der Waals surface area contributed by atoms with Crippen molar-refractivity contribution in [3.8, 4) is 0 Å². The third kappa shape index (κ3) is 2.43. The monoisotopic (exact) mass is 263 g/mol. The number of hydrogen-bond donors (Lipinski definition) is 2. The lowest BCUT2D eigenvalue weighted by Crippen LogP contribution is -2.28. The third-order valence-electron chi connectivity index (χ3n) is 2.72. The number of thiazole rings is 1. The highest BCUT2D eigenvalue weighted by atomic mass is 32.1. The third-order valence-corrected chi connectivity index (χ3v) is 3.82. The second-order valence-corrected chi connectivity index (χ2v) is 5.43. The number of nitrogens with one attached hydrogen (secondary N) is 2. The van der Waals surface area contributed by atoms with E-state index in [0.29, 0.717) is 0 Å². The van der Waals surface area contributed by atoms with Gasteiger partial charge in [-0.05, 0) is 20.8 Å². The summed E-state index contributed by atoms with van der Waals surface area (Å²) >= 11 is 1.63. The molecule has 0 aliphatic carbocycles. The zero-order valence-corrected chi connectivity index (χ0v) is 11.8. The SMILES string of the molecule is CNc1ncnc(NC(C)(C)c2nccs2)c1C. The molecule has 2 aromatic rings. The first-order chi connectivity index (χ1) is 8.54. The highest BCUT2D eigenvalue weighted by Gasteiger charge is 2.24. The summed E-state index contributed by atoms with van der Waals surface area (Å²) in [4.78, 5) is 12.8. The molecule has 0 aliphatic heterocycles. The maximum atomic E-state index is 4.35. The molecule has 0 atom stereocenters. The van der Waals surface area contributed by atoms with Gasteiger partial charge < -0.3 is 10.6 Å². The number of anilines is 2. The largest absolute Gasteiger partial charge is 0.373 e. The lowest BCUT2D eigenvalue weighted by molar-refractivity contribution is 0.600. The van der Waals surface area contributed by atoms with E-state index in [4.69, 9.17) is 0 Å². The van der Waals surface area contributed by atoms with Crippen LogP contribution in [0.1, 0.15) is 24.4 Å². The molecule has 2 aromatic heterocycles. The molecule has 96 valence electrons. The average molecular weight is 263 g/mol. The predicted molar refractivity (Wildman–Crippen MR) is 75.1 cm³/mol. The Morgan fingerprint density at radius 2 is 1.89 bits per heavy atom. The van der Waals surface area contributed by atoms with Crippen LogP contribution >= 0.6 is 11.3 Å². The standard InChI is InChI=1S/C12H17N5S/c1-8-9(13-4)15-7-16-10(8)17-12(2,3)11-14-5-6-18-11/h5-7H,1-4H3,(H2,13,15,16,17). The second-order valence-electron chi connectivity index (χ2n) is 4.53. The van der Waals surface area contributed by atoms with Crippen molar-refractivity contribution >= 4 is 23.0 Å². The van der Waals surface area contributed by atoms with Crippen LogP contribution in [0.2, 0.25) is 0 Å². The van der Waals surface area contributed by atoms with E-state index in [1.807, 2.05) is 25.5 Å². The summed E-state index contributed by atoms with van der Waals surface area (Å²) in [5.41, 5.74) is 0.753. The average Bonchev–Trinajstić information content (AvgIpc) is 2.86. The molecule has 2 N–H and O–H groups in total. The van der Waals surface area contributed by atoms with Crippen molar-refractivity contribution in [3.05, 3.63) is 28.5 Å². The molecule has 0 amide bonds. The molecule has 2 rings (SSSR count). The molecular weight excluding hydrogens is 246 g/mol. The van der Waals surface area contributed by atoms with Gasteiger partial charge in [-0.1, -0.05) is 0 Å². The summed E-state index contributed by atoms with van der Waals surface area (Å²) in [7, 11) is 1.85. The van der Waals surface area contributed by atoms with Crippen molar-refractivity contribution in [3.63, 3.8) is 0 Å². The van der Waals surface area contributed by atoms with Crippen molar-refractivity contribution in [2.75, 3.05) is 17.7 Å². The topological polar surface area (TPSA) is 62.7 Å². The van der Waals surface area contributed by atoms with Crippen molar-refractivity contribution in [1.82, 2.24) is 15.0 Å². The van der Waals surface area contributed by atoms with E-state index < -0.39 is 0 Å². The van der Waals surface area contributed by atoms with E-state index >= 15 is 0 Å². The fourth-order valence-corrected chi connectivity index (χ4v) is 2.43. The Kier molecular flexibility index (Phi) is 3.47. The molecule has 0 aliphatic rings. The van der Waals surface area contributed by atoms with E-state index in [1.54, 1.807) is 17.7 Å². The summed E-state index contributed by atoms with van der Waals surface area (Å²) in [6.07, 6.45) is 3.37. The van der Waals surface area contributed by atoms with Gasteiger partial charge in [0.1, 0.15) is 23.0 Å². The zero-order chi connectivity index (χ0) is 13.2. The van der Waals surface area contributed by atoms with Crippen molar-refractivity contribution < 1.29 is 0 Å². The Balaban J connectivity index is 2.29. The van der Waals surface area contributed by atoms with Crippen LogP contribution in [-0.2, 0) is 5.54 Å². The van der Waals surface area contributed by atoms with E-state index in [1.165, 1.54) is 0 Å². The summed E-state index contributed by atoms with van der Waals surface area (Å²) < 4.78 is 0. The van der Waals surface area contributed by atoms with Gasteiger partial charge in [0.05, 0.1) is 5.54 Å². The molecule has 0 fully saturated rings. The highest BCUT2D eigenvalue weighted by molar-refractivity contribution is 7.09. The number of aromatic nitrogens is 3. The van der Waals surface area contributed by atoms with Crippen LogP contribution in [-0.4, -0.2) is 22.0 Å². The molecule has 0 bridgehead atoms. The van der Waals surface area contributed by atoms with Crippen LogP contribution in [0.4, 0.5) is 11.6 Å². The van der Waals surface area contributed by atoms with E-state index in [0.717, 1.165) is 22.2 Å². The molecule has 18 heavy (non-hydrogen) atoms. The van der Waals surface area contributed by atoms with E-state index in [9.17, 15) is 0 Å². The Morgan fingerprint density at radius 1 is 1.17 bits per heavy atom. The number of rotatable bonds is 4. The molecule has 0 saturated carbocycles. The van der Waals surface area contributed by atoms with Gasteiger partial charge in [0.15, 0.2) is 0 Å². The normalized spacial score (nSPS) is 11.3. The lowest BCUT2D eigenvalue weighted by atomic mass is 10.1. The first-order valence-electron chi connectivity index (χ1n) is 5.72. The van der Waals surface area contributed by atoms with Crippen LogP contribution in [0.3, 0.4) is 0 Å². The first kappa shape index (κ1) is 12.8. The summed E-state index contributed by atoms with van der Waals surface area (Å²) in [6, 6.07) is 0. The van der Waals surface area contributed by atoms with Gasteiger partial charge in [0.2, 0.25) is 0 Å². The molecule has 6 heteroatoms. The van der Waals surface area contributed by atoms with Crippen LogP contribution in [0.25, 0.3) is 0 Å². The van der Waals surface area contributed by atoms with Crippen LogP contribution < -0.4 is 10.6 Å². The van der Waals surface area contributed by atoms with Crippen LogP contribution in [0.5, 0.6) is 0 Å². The minimum atomic E-state index is -0.252. The maximum absolute atomic E-state index is 4.35. The van der Waals surface area contributed by atoms with Crippen molar-refractivity contribution in [2.45, 2.75) is 26.3 Å². The molecule has 0 unspecified atom stereocenters. The fourth-order valence-electron chi connectivity index (χ4n) is 1.71. The Hall–Kier alpha value is -1.69. The fraction of sp³-hybridized carbons (Fsp3) is 0.417. The Bertz CT molecular complexity index is 521. The Labute approximate surface area is 111 Å². The zero-order valence-electron chi connectivity index (χ0n) is 11.0. The molecule has 0 aromatic carbocycles. The lowest BCUT2D eigenvalue weighted by Gasteiger charge is -2.25. The minimum absolute atomic E-state index is 0.252. The van der Waals surface area contributed by atoms with Gasteiger partial charge in [0, 0.05) is 24.2 Å². The molecule has 0 radical (unpaired) electrons. The van der Waals surface area contributed by atoms with Crippen LogP contribution in [0.15, 0.2) is 17.9 Å². The number of hydrogen-bond acceptors (Lipinski definition) is 6. The maximum Gasteiger partial charge on any atom is 0.135 e. The van der Waals surface area contributed by atoms with Gasteiger partial charge >= 0.3 is 0 Å². The first-order valence-corrected chi connectivity index (χ1v) is 6.60. The molecular formula is C12H17N5S. The second kappa shape index (κ2) is 4.89. The summed E-state index contributed by atoms with van der Waals surface area (Å²) in [5.74, 6) is 1.66. The smallest absolute Gasteiger partial charge is 0.135 e. The van der Waals surface area contributed by atoms with Gasteiger partial charge in [-0.2, -0.15) is 0 Å². The van der Waals surface area contributed by atoms with Crippen molar-refractivity contribution in [2.24, 2.45) is 0 Å². The molecule has 5 nitrogen and oxygen atoms in total. The van der Waals surface area contributed by atoms with Gasteiger partial charge in [-0.15, -0.1) is 11.3 Å². The summed E-state index contributed by atoms with van der Waals surface area (Å²) in [6.45, 7) is 6.17. The van der Waals surface area contributed by atoms with E-state index in [2.05, 4.69) is 39.4 Å². The van der Waals surface area contributed by atoms with E-state index in [-0.39, 0.29) is 5.54 Å². The summed E-state index contributed by atoms with van der Waals surface area (Å²) in [5, 5.41) is 9.48. The van der Waals surface area contributed by atoms with Gasteiger partial charge in [-0.25, -0.2) is 15.0 Å². The molecule has 0 saturated heterocycles. The quantitative estimate of drug-likeness (QED) is 0.888. The van der Waals surface area contributed by atoms with Gasteiger partial charge in [-0.3, -0.25) is 0 Å². The minimum Gasteiger partial charge on any atom is -0.373 e. The van der Waals surface area contributed by atoms with Crippen LogP contribution in [0, 0.1) is 6.92 Å². The number of nitrogens with zero attached hydrogens (tertiary/aromatic N) is 3.